The highest BCUT2D eigenvalue weighted by Gasteiger charge is 2.47. The van der Waals surface area contributed by atoms with Crippen LogP contribution < -0.4 is 0 Å². The highest BCUT2D eigenvalue weighted by atomic mass is 16.5. The zero-order chi connectivity index (χ0) is 51.4. The van der Waals surface area contributed by atoms with E-state index in [0.29, 0.717) is 12.8 Å². The SMILES string of the molecule is CCCCCCCCCCCCCCCCCCN1C(C)(C)CC(OC(=O)CCCCCCCCC(=O)OC2CC(C)(C)N(CCCCCCCCCCCCCCCCCC)C(C)(C)C2)CC1(C)C. The maximum absolute atomic E-state index is 13.0. The van der Waals surface area contributed by atoms with Crippen LogP contribution in [0, 0.1) is 0 Å². The Labute approximate surface area is 438 Å². The van der Waals surface area contributed by atoms with Crippen LogP contribution >= 0.6 is 0 Å². The molecule has 6 heteroatoms. The molecule has 2 fully saturated rings. The van der Waals surface area contributed by atoms with Crippen molar-refractivity contribution in [3.05, 3.63) is 0 Å². The lowest BCUT2D eigenvalue weighted by molar-refractivity contribution is -0.161. The van der Waals surface area contributed by atoms with Gasteiger partial charge in [-0.3, -0.25) is 19.4 Å². The fourth-order valence-electron chi connectivity index (χ4n) is 13.2. The molecule has 0 saturated carbocycles. The first kappa shape index (κ1) is 65.0. The van der Waals surface area contributed by atoms with E-state index in [-0.39, 0.29) is 46.3 Å². The number of ether oxygens (including phenoxy) is 2. The molecule has 0 unspecified atom stereocenters. The van der Waals surface area contributed by atoms with Crippen molar-refractivity contribution in [3.63, 3.8) is 0 Å². The van der Waals surface area contributed by atoms with Crippen molar-refractivity contribution in [2.75, 3.05) is 13.1 Å². The first-order chi connectivity index (χ1) is 33.5. The largest absolute Gasteiger partial charge is 0.462 e. The van der Waals surface area contributed by atoms with E-state index in [1.807, 2.05) is 0 Å². The Kier molecular flexibility index (Phi) is 35.7. The van der Waals surface area contributed by atoms with Gasteiger partial charge in [0.25, 0.3) is 0 Å². The molecular weight excluding hydrogens is 861 g/mol. The van der Waals surface area contributed by atoms with Gasteiger partial charge in [0.15, 0.2) is 0 Å². The highest BCUT2D eigenvalue weighted by Crippen LogP contribution is 2.41. The van der Waals surface area contributed by atoms with Crippen LogP contribution in [0.5, 0.6) is 0 Å². The molecule has 414 valence electrons. The maximum atomic E-state index is 13.0. The average Bonchev–Trinajstić information content (AvgIpc) is 3.27. The van der Waals surface area contributed by atoms with E-state index in [4.69, 9.17) is 9.47 Å². The first-order valence-corrected chi connectivity index (χ1v) is 31.5. The minimum absolute atomic E-state index is 0.00228. The molecule has 2 saturated heterocycles. The second-order valence-electron chi connectivity index (χ2n) is 25.8. The molecule has 0 amide bonds. The predicted octanol–water partition coefficient (Wildman–Crippen LogP) is 19.8. The molecule has 70 heavy (non-hydrogen) atoms. The van der Waals surface area contributed by atoms with Gasteiger partial charge in [0.05, 0.1) is 0 Å². The van der Waals surface area contributed by atoms with Gasteiger partial charge in [-0.15, -0.1) is 0 Å². The number of piperidine rings is 2. The fraction of sp³-hybridized carbons (Fsp3) is 0.969. The van der Waals surface area contributed by atoms with E-state index in [2.05, 4.69) is 79.0 Å². The van der Waals surface area contributed by atoms with Crippen molar-refractivity contribution in [2.24, 2.45) is 0 Å². The van der Waals surface area contributed by atoms with Crippen LogP contribution in [0.4, 0.5) is 0 Å². The van der Waals surface area contributed by atoms with E-state index >= 15 is 0 Å². The molecule has 0 N–H and O–H groups in total. The van der Waals surface area contributed by atoms with Crippen LogP contribution in [0.15, 0.2) is 0 Å². The molecule has 0 aromatic carbocycles. The Morgan fingerprint density at radius 1 is 0.314 bits per heavy atom. The Hall–Kier alpha value is -1.14. The van der Waals surface area contributed by atoms with Crippen molar-refractivity contribution in [1.29, 1.82) is 0 Å². The van der Waals surface area contributed by atoms with Crippen molar-refractivity contribution in [2.45, 2.75) is 386 Å². The molecule has 0 aromatic rings. The Morgan fingerprint density at radius 2 is 0.500 bits per heavy atom. The zero-order valence-corrected chi connectivity index (χ0v) is 49.2. The summed E-state index contributed by atoms with van der Waals surface area (Å²) in [6, 6.07) is 0. The summed E-state index contributed by atoms with van der Waals surface area (Å²) in [7, 11) is 0. The lowest BCUT2D eigenvalue weighted by Gasteiger charge is -2.55. The monoisotopic (exact) mass is 985 g/mol. The molecule has 2 rings (SSSR count). The fourth-order valence-corrected chi connectivity index (χ4v) is 13.2. The van der Waals surface area contributed by atoms with Crippen LogP contribution in [0.1, 0.15) is 352 Å². The number of carbonyl (C=O) groups is 2. The zero-order valence-electron chi connectivity index (χ0n) is 49.2. The Bertz CT molecular complexity index is 1140. The van der Waals surface area contributed by atoms with E-state index in [1.54, 1.807) is 0 Å². The smallest absolute Gasteiger partial charge is 0.306 e. The number of rotatable bonds is 45. The molecule has 0 bridgehead atoms. The molecule has 0 aromatic heterocycles. The lowest BCUT2D eigenvalue weighted by Crippen LogP contribution is -2.62. The summed E-state index contributed by atoms with van der Waals surface area (Å²) in [5.41, 5.74) is 0.0724. The van der Waals surface area contributed by atoms with Gasteiger partial charge in [0.1, 0.15) is 12.2 Å². The molecule has 0 aliphatic carbocycles. The van der Waals surface area contributed by atoms with Gasteiger partial charge < -0.3 is 9.47 Å². The summed E-state index contributed by atoms with van der Waals surface area (Å²) in [6.07, 6.45) is 55.6. The van der Waals surface area contributed by atoms with Crippen LogP contribution in [0.3, 0.4) is 0 Å². The number of nitrogens with zero attached hydrogens (tertiary/aromatic N) is 2. The standard InChI is InChI=1S/C64H124N2O4/c1-11-13-15-17-19-21-23-25-27-29-31-33-35-39-43-47-51-65-61(3,4)53-57(54-62(65,5)6)69-59(67)49-45-41-37-38-42-46-50-60(68)70-58-55-63(7,8)66(64(9,10)56-58)52-48-44-40-36-34-32-30-28-26-24-22-20-18-16-14-12-2/h57-58H,11-56H2,1-10H3. The van der Waals surface area contributed by atoms with Gasteiger partial charge in [-0.25, -0.2) is 0 Å². The van der Waals surface area contributed by atoms with Gasteiger partial charge in [-0.05, 0) is 94.2 Å². The quantitative estimate of drug-likeness (QED) is 0.0448. The topological polar surface area (TPSA) is 59.1 Å². The first-order valence-electron chi connectivity index (χ1n) is 31.5. The predicted molar refractivity (Wildman–Crippen MR) is 304 cm³/mol. The van der Waals surface area contributed by atoms with Gasteiger partial charge in [-0.1, -0.05) is 232 Å². The normalized spacial score (nSPS) is 18.4. The second-order valence-corrected chi connectivity index (χ2v) is 25.8. The van der Waals surface area contributed by atoms with Crippen molar-refractivity contribution in [1.82, 2.24) is 9.80 Å². The third kappa shape index (κ3) is 30.3. The molecule has 2 heterocycles. The van der Waals surface area contributed by atoms with Crippen molar-refractivity contribution < 1.29 is 19.1 Å². The summed E-state index contributed by atoms with van der Waals surface area (Å²) in [6.45, 7) is 25.7. The van der Waals surface area contributed by atoms with Crippen LogP contribution in [0.2, 0.25) is 0 Å². The Morgan fingerprint density at radius 3 is 0.714 bits per heavy atom. The van der Waals surface area contributed by atoms with Gasteiger partial charge in [0, 0.05) is 60.7 Å². The number of hydrogen-bond donors (Lipinski definition) is 0. The second kappa shape index (κ2) is 38.4. The van der Waals surface area contributed by atoms with Gasteiger partial charge >= 0.3 is 11.9 Å². The van der Waals surface area contributed by atoms with E-state index in [9.17, 15) is 9.59 Å². The van der Waals surface area contributed by atoms with Crippen molar-refractivity contribution >= 4 is 11.9 Å². The molecule has 2 aliphatic rings. The molecule has 0 radical (unpaired) electrons. The number of carbonyl (C=O) groups excluding carboxylic acids is 2. The highest BCUT2D eigenvalue weighted by molar-refractivity contribution is 5.70. The molecule has 0 atom stereocenters. The van der Waals surface area contributed by atoms with E-state index in [1.165, 1.54) is 205 Å². The minimum Gasteiger partial charge on any atom is -0.462 e. The minimum atomic E-state index is -0.0250. The number of hydrogen-bond acceptors (Lipinski definition) is 6. The van der Waals surface area contributed by atoms with E-state index in [0.717, 1.165) is 77.3 Å². The number of unbranched alkanes of at least 4 members (excludes halogenated alkanes) is 35. The van der Waals surface area contributed by atoms with Gasteiger partial charge in [0.2, 0.25) is 0 Å². The number of likely N-dealkylation sites (tertiary alicyclic amines) is 2. The van der Waals surface area contributed by atoms with Crippen LogP contribution in [-0.2, 0) is 19.1 Å². The van der Waals surface area contributed by atoms with Gasteiger partial charge in [-0.2, -0.15) is 0 Å². The maximum Gasteiger partial charge on any atom is 0.306 e. The van der Waals surface area contributed by atoms with Crippen molar-refractivity contribution in [3.8, 4) is 0 Å². The summed E-state index contributed by atoms with van der Waals surface area (Å²) < 4.78 is 12.3. The summed E-state index contributed by atoms with van der Waals surface area (Å²) >= 11 is 0. The third-order valence-electron chi connectivity index (χ3n) is 16.9. The average molecular weight is 986 g/mol. The summed E-state index contributed by atoms with van der Waals surface area (Å²) in [5, 5.41) is 0. The van der Waals surface area contributed by atoms with Crippen LogP contribution in [0.25, 0.3) is 0 Å². The Balaban J connectivity index is 1.48. The lowest BCUT2D eigenvalue weighted by atomic mass is 9.78. The molecule has 0 spiro atoms. The van der Waals surface area contributed by atoms with Crippen LogP contribution in [-0.4, -0.2) is 69.2 Å². The molecule has 2 aliphatic heterocycles. The number of esters is 2. The third-order valence-corrected chi connectivity index (χ3v) is 16.9. The van der Waals surface area contributed by atoms with E-state index < -0.39 is 0 Å². The summed E-state index contributed by atoms with van der Waals surface area (Å²) in [4.78, 5) is 31.4. The summed E-state index contributed by atoms with van der Waals surface area (Å²) in [5.74, 6) is -0.0500. The molecule has 6 nitrogen and oxygen atoms in total. The molecular formula is C64H124N2O4.